The van der Waals surface area contributed by atoms with Gasteiger partial charge < -0.3 is 5.32 Å². The van der Waals surface area contributed by atoms with Gasteiger partial charge in [0.1, 0.15) is 5.82 Å². The Morgan fingerprint density at radius 1 is 1.15 bits per heavy atom. The van der Waals surface area contributed by atoms with Gasteiger partial charge in [-0.2, -0.15) is 0 Å². The third-order valence-corrected chi connectivity index (χ3v) is 3.90. The lowest BCUT2D eigenvalue weighted by atomic mass is 10.1. The highest BCUT2D eigenvalue weighted by atomic mass is 79.9. The molecule has 0 aliphatic carbocycles. The van der Waals surface area contributed by atoms with E-state index in [1.54, 1.807) is 18.2 Å². The highest BCUT2D eigenvalue weighted by molar-refractivity contribution is 9.10. The number of rotatable bonds is 3. The molecular weight excluding hydrogens is 368 g/mol. The summed E-state index contributed by atoms with van der Waals surface area (Å²) in [6.45, 7) is 0. The van der Waals surface area contributed by atoms with Crippen molar-refractivity contribution in [2.45, 2.75) is 6.42 Å². The van der Waals surface area contributed by atoms with E-state index in [9.17, 15) is 9.18 Å². The smallest absolute Gasteiger partial charge is 0.228 e. The van der Waals surface area contributed by atoms with Crippen LogP contribution in [0.2, 0.25) is 10.0 Å². The highest BCUT2D eigenvalue weighted by Gasteiger charge is 2.07. The largest absolute Gasteiger partial charge is 0.326 e. The Balaban J connectivity index is 2.04. The molecule has 0 bridgehead atoms. The van der Waals surface area contributed by atoms with Crippen LogP contribution in [0.3, 0.4) is 0 Å². The summed E-state index contributed by atoms with van der Waals surface area (Å²) < 4.78 is 13.4. The summed E-state index contributed by atoms with van der Waals surface area (Å²) in [4.78, 5) is 11.9. The minimum Gasteiger partial charge on any atom is -0.326 e. The zero-order chi connectivity index (χ0) is 14.7. The van der Waals surface area contributed by atoms with E-state index in [0.29, 0.717) is 20.2 Å². The number of anilines is 1. The molecule has 0 atom stereocenters. The predicted octanol–water partition coefficient (Wildman–Crippen LogP) is 5.08. The first-order valence-corrected chi connectivity index (χ1v) is 7.19. The van der Waals surface area contributed by atoms with Gasteiger partial charge in [0.05, 0.1) is 20.9 Å². The molecule has 0 aliphatic heterocycles. The van der Waals surface area contributed by atoms with Crippen LogP contribution in [0.1, 0.15) is 5.56 Å². The van der Waals surface area contributed by atoms with Crippen molar-refractivity contribution in [1.29, 1.82) is 0 Å². The molecule has 0 aliphatic rings. The Bertz CT molecular complexity index is 608. The molecule has 2 aromatic carbocycles. The van der Waals surface area contributed by atoms with E-state index in [4.69, 9.17) is 23.2 Å². The Labute approximate surface area is 134 Å². The number of amides is 1. The zero-order valence-corrected chi connectivity index (χ0v) is 13.2. The monoisotopic (exact) mass is 375 g/mol. The summed E-state index contributed by atoms with van der Waals surface area (Å²) in [5.74, 6) is -0.602. The van der Waals surface area contributed by atoms with Crippen molar-refractivity contribution in [3.8, 4) is 0 Å². The summed E-state index contributed by atoms with van der Waals surface area (Å²) in [6.07, 6.45) is 0.159. The summed E-state index contributed by atoms with van der Waals surface area (Å²) in [5.41, 5.74) is 1.27. The molecule has 0 saturated heterocycles. The fourth-order valence-electron chi connectivity index (χ4n) is 1.61. The lowest BCUT2D eigenvalue weighted by molar-refractivity contribution is -0.115. The van der Waals surface area contributed by atoms with Crippen molar-refractivity contribution in [2.75, 3.05) is 5.32 Å². The fraction of sp³-hybridized carbons (Fsp3) is 0.0714. The number of benzene rings is 2. The molecule has 0 radical (unpaired) electrons. The topological polar surface area (TPSA) is 29.1 Å². The molecule has 0 heterocycles. The van der Waals surface area contributed by atoms with Crippen molar-refractivity contribution < 1.29 is 9.18 Å². The minimum absolute atomic E-state index is 0.159. The second-order valence-corrected chi connectivity index (χ2v) is 5.77. The van der Waals surface area contributed by atoms with Crippen molar-refractivity contribution in [2.24, 2.45) is 0 Å². The molecular formula is C14H9BrCl2FNO. The molecule has 2 rings (SSSR count). The lowest BCUT2D eigenvalue weighted by Crippen LogP contribution is -2.14. The second-order valence-electron chi connectivity index (χ2n) is 4.10. The van der Waals surface area contributed by atoms with Crippen molar-refractivity contribution in [3.05, 3.63) is 62.3 Å². The standard InChI is InChI=1S/C14H9BrCl2FNO/c15-10-7-9(2-4-13(10)18)19-14(20)6-8-1-3-11(16)12(17)5-8/h1-5,7H,6H2,(H,19,20). The molecule has 0 fully saturated rings. The molecule has 20 heavy (non-hydrogen) atoms. The van der Waals surface area contributed by atoms with E-state index in [0.717, 1.165) is 5.56 Å². The Morgan fingerprint density at radius 2 is 1.90 bits per heavy atom. The van der Waals surface area contributed by atoms with E-state index in [1.165, 1.54) is 18.2 Å². The number of hydrogen-bond donors (Lipinski definition) is 1. The zero-order valence-electron chi connectivity index (χ0n) is 10.1. The van der Waals surface area contributed by atoms with Gasteiger partial charge in [0.15, 0.2) is 0 Å². The van der Waals surface area contributed by atoms with Gasteiger partial charge in [-0.05, 0) is 51.8 Å². The molecule has 0 saturated carbocycles. The van der Waals surface area contributed by atoms with Crippen LogP contribution in [0, 0.1) is 5.82 Å². The van der Waals surface area contributed by atoms with E-state index < -0.39 is 0 Å². The Kier molecular flexibility index (Phi) is 5.02. The average molecular weight is 377 g/mol. The second kappa shape index (κ2) is 6.57. The average Bonchev–Trinajstić information content (AvgIpc) is 2.38. The maximum absolute atomic E-state index is 13.1. The summed E-state index contributed by atoms with van der Waals surface area (Å²) in [7, 11) is 0. The van der Waals surface area contributed by atoms with Crippen molar-refractivity contribution >= 4 is 50.7 Å². The van der Waals surface area contributed by atoms with Crippen LogP contribution in [-0.2, 0) is 11.2 Å². The van der Waals surface area contributed by atoms with Gasteiger partial charge >= 0.3 is 0 Å². The maximum Gasteiger partial charge on any atom is 0.228 e. The van der Waals surface area contributed by atoms with Gasteiger partial charge in [-0.1, -0.05) is 29.3 Å². The van der Waals surface area contributed by atoms with E-state index in [2.05, 4.69) is 21.2 Å². The number of carbonyl (C=O) groups excluding carboxylic acids is 1. The van der Waals surface area contributed by atoms with Crippen LogP contribution in [0.5, 0.6) is 0 Å². The molecule has 104 valence electrons. The van der Waals surface area contributed by atoms with Crippen LogP contribution in [0.25, 0.3) is 0 Å². The number of halogens is 4. The van der Waals surface area contributed by atoms with Gasteiger partial charge in [0.2, 0.25) is 5.91 Å². The molecule has 2 nitrogen and oxygen atoms in total. The van der Waals surface area contributed by atoms with Crippen LogP contribution >= 0.6 is 39.1 Å². The Hall–Kier alpha value is -1.10. The van der Waals surface area contributed by atoms with E-state index >= 15 is 0 Å². The quantitative estimate of drug-likeness (QED) is 0.795. The maximum atomic E-state index is 13.1. The number of nitrogens with one attached hydrogen (secondary N) is 1. The number of hydrogen-bond acceptors (Lipinski definition) is 1. The van der Waals surface area contributed by atoms with E-state index in [-0.39, 0.29) is 18.1 Å². The SMILES string of the molecule is O=C(Cc1ccc(Cl)c(Cl)c1)Nc1ccc(F)c(Br)c1. The summed E-state index contributed by atoms with van der Waals surface area (Å²) >= 11 is 14.8. The molecule has 0 aromatic heterocycles. The summed E-state index contributed by atoms with van der Waals surface area (Å²) in [5, 5.41) is 3.53. The van der Waals surface area contributed by atoms with Gasteiger partial charge in [-0.25, -0.2) is 4.39 Å². The van der Waals surface area contributed by atoms with Gasteiger partial charge in [-0.15, -0.1) is 0 Å². The third kappa shape index (κ3) is 3.95. The Morgan fingerprint density at radius 3 is 2.55 bits per heavy atom. The van der Waals surface area contributed by atoms with Gasteiger partial charge in [-0.3, -0.25) is 4.79 Å². The first kappa shape index (κ1) is 15.3. The first-order valence-electron chi connectivity index (χ1n) is 5.64. The highest BCUT2D eigenvalue weighted by Crippen LogP contribution is 2.23. The van der Waals surface area contributed by atoms with Crippen LogP contribution < -0.4 is 5.32 Å². The van der Waals surface area contributed by atoms with Crippen LogP contribution in [0.4, 0.5) is 10.1 Å². The first-order chi connectivity index (χ1) is 9.45. The molecule has 1 amide bonds. The van der Waals surface area contributed by atoms with Crippen molar-refractivity contribution in [3.63, 3.8) is 0 Å². The normalized spacial score (nSPS) is 10.4. The molecule has 0 spiro atoms. The van der Waals surface area contributed by atoms with Crippen LogP contribution in [-0.4, -0.2) is 5.91 Å². The van der Waals surface area contributed by atoms with Crippen molar-refractivity contribution in [1.82, 2.24) is 0 Å². The molecule has 6 heteroatoms. The molecule has 1 N–H and O–H groups in total. The third-order valence-electron chi connectivity index (χ3n) is 2.55. The summed E-state index contributed by atoms with van der Waals surface area (Å²) in [6, 6.07) is 9.28. The number of carbonyl (C=O) groups is 1. The molecule has 2 aromatic rings. The van der Waals surface area contributed by atoms with Gasteiger partial charge in [0.25, 0.3) is 0 Å². The molecule has 0 unspecified atom stereocenters. The van der Waals surface area contributed by atoms with Gasteiger partial charge in [0, 0.05) is 5.69 Å². The predicted molar refractivity (Wildman–Crippen MR) is 82.9 cm³/mol. The fourth-order valence-corrected chi connectivity index (χ4v) is 2.31. The lowest BCUT2D eigenvalue weighted by Gasteiger charge is -2.07. The minimum atomic E-state index is -0.382. The van der Waals surface area contributed by atoms with E-state index in [1.807, 2.05) is 0 Å². The van der Waals surface area contributed by atoms with Crippen LogP contribution in [0.15, 0.2) is 40.9 Å².